The zero-order valence-electron chi connectivity index (χ0n) is 9.98. The summed E-state index contributed by atoms with van der Waals surface area (Å²) in [5.41, 5.74) is 4.95. The van der Waals surface area contributed by atoms with Gasteiger partial charge in [-0.15, -0.1) is 0 Å². The van der Waals surface area contributed by atoms with Crippen molar-refractivity contribution >= 4 is 5.91 Å². The van der Waals surface area contributed by atoms with E-state index in [1.807, 2.05) is 0 Å². The van der Waals surface area contributed by atoms with Gasteiger partial charge in [-0.25, -0.2) is 0 Å². The minimum absolute atomic E-state index is 0.256. The van der Waals surface area contributed by atoms with Crippen molar-refractivity contribution in [2.45, 2.75) is 37.8 Å². The zero-order chi connectivity index (χ0) is 12.0. The number of aliphatic hydroxyl groups excluding tert-OH is 1. The van der Waals surface area contributed by atoms with E-state index in [2.05, 4.69) is 17.3 Å². The molecule has 2 atom stereocenters. The monoisotopic (exact) mass is 229 g/mol. The molecule has 5 nitrogen and oxygen atoms in total. The second kappa shape index (κ2) is 6.83. The van der Waals surface area contributed by atoms with E-state index in [0.717, 1.165) is 13.0 Å². The first kappa shape index (κ1) is 13.4. The molecule has 2 unspecified atom stereocenters. The Morgan fingerprint density at radius 1 is 1.62 bits per heavy atom. The number of primary amides is 1. The van der Waals surface area contributed by atoms with Gasteiger partial charge < -0.3 is 21.1 Å². The molecular formula is C11H23N3O2. The van der Waals surface area contributed by atoms with Crippen LogP contribution in [-0.2, 0) is 4.79 Å². The van der Waals surface area contributed by atoms with E-state index in [1.165, 1.54) is 25.8 Å². The van der Waals surface area contributed by atoms with E-state index in [0.29, 0.717) is 6.04 Å². The Morgan fingerprint density at radius 3 is 3.00 bits per heavy atom. The number of likely N-dealkylation sites (tertiary alicyclic amines) is 1. The van der Waals surface area contributed by atoms with Crippen molar-refractivity contribution in [3.8, 4) is 0 Å². The van der Waals surface area contributed by atoms with E-state index in [9.17, 15) is 4.79 Å². The van der Waals surface area contributed by atoms with Gasteiger partial charge in [0.25, 0.3) is 0 Å². The Hall–Kier alpha value is -0.650. The Kier molecular flexibility index (Phi) is 5.73. The van der Waals surface area contributed by atoms with Gasteiger partial charge >= 0.3 is 0 Å². The molecule has 0 aliphatic carbocycles. The van der Waals surface area contributed by atoms with Gasteiger partial charge in [0.05, 0.1) is 0 Å². The third kappa shape index (κ3) is 4.47. The average Bonchev–Trinajstić information content (AvgIpc) is 2.26. The molecule has 0 saturated carbocycles. The topological polar surface area (TPSA) is 78.6 Å². The van der Waals surface area contributed by atoms with Crippen molar-refractivity contribution in [3.63, 3.8) is 0 Å². The predicted molar refractivity (Wildman–Crippen MR) is 63.0 cm³/mol. The molecule has 0 bridgehead atoms. The fraction of sp³-hybridized carbons (Fsp3) is 0.909. The lowest BCUT2D eigenvalue weighted by Crippen LogP contribution is -2.41. The lowest BCUT2D eigenvalue weighted by Gasteiger charge is -2.32. The number of nitrogens with one attached hydrogen (secondary N) is 1. The third-order valence-corrected chi connectivity index (χ3v) is 3.24. The highest BCUT2D eigenvalue weighted by Gasteiger charge is 2.18. The molecule has 1 saturated heterocycles. The van der Waals surface area contributed by atoms with Crippen LogP contribution in [0.15, 0.2) is 0 Å². The molecule has 1 fully saturated rings. The fourth-order valence-electron chi connectivity index (χ4n) is 2.12. The van der Waals surface area contributed by atoms with Crippen LogP contribution in [0.3, 0.4) is 0 Å². The van der Waals surface area contributed by atoms with Crippen molar-refractivity contribution in [2.24, 2.45) is 5.73 Å². The molecule has 0 aromatic rings. The zero-order valence-corrected chi connectivity index (χ0v) is 9.98. The van der Waals surface area contributed by atoms with Gasteiger partial charge in [0.15, 0.2) is 0 Å². The quantitative estimate of drug-likeness (QED) is 0.526. The Balaban J connectivity index is 2.08. The second-order valence-electron chi connectivity index (χ2n) is 4.54. The number of aliphatic hydroxyl groups is 1. The van der Waals surface area contributed by atoms with Crippen LogP contribution in [-0.4, -0.2) is 54.7 Å². The molecule has 1 heterocycles. The van der Waals surface area contributed by atoms with Gasteiger partial charge in [-0.2, -0.15) is 0 Å². The number of amides is 1. The van der Waals surface area contributed by atoms with Crippen LogP contribution in [0, 0.1) is 0 Å². The summed E-state index contributed by atoms with van der Waals surface area (Å²) in [6, 6.07) is 0.631. The predicted octanol–water partition coefficient (Wildman–Crippen LogP) is -0.703. The maximum absolute atomic E-state index is 10.6. The molecule has 94 valence electrons. The molecule has 5 heteroatoms. The van der Waals surface area contributed by atoms with Crippen molar-refractivity contribution in [3.05, 3.63) is 0 Å². The van der Waals surface area contributed by atoms with Crippen molar-refractivity contribution in [1.29, 1.82) is 0 Å². The van der Waals surface area contributed by atoms with Crippen molar-refractivity contribution in [2.75, 3.05) is 26.7 Å². The van der Waals surface area contributed by atoms with E-state index >= 15 is 0 Å². The molecular weight excluding hydrogens is 206 g/mol. The minimum atomic E-state index is -1.07. The minimum Gasteiger partial charge on any atom is -0.382 e. The van der Waals surface area contributed by atoms with Crippen LogP contribution in [0.5, 0.6) is 0 Å². The first-order valence-corrected chi connectivity index (χ1v) is 5.99. The van der Waals surface area contributed by atoms with Crippen molar-refractivity contribution in [1.82, 2.24) is 10.2 Å². The van der Waals surface area contributed by atoms with Crippen LogP contribution < -0.4 is 11.1 Å². The Bertz CT molecular complexity index is 223. The standard InChI is InChI=1S/C11H23N3O2/c1-14-7-3-2-4-9(14)5-6-13-8-10(15)11(12)16/h9-10,13,15H,2-8H2,1H3,(H2,12,16). The molecule has 1 rings (SSSR count). The summed E-state index contributed by atoms with van der Waals surface area (Å²) in [6.45, 7) is 2.25. The maximum atomic E-state index is 10.6. The van der Waals surface area contributed by atoms with Gasteiger partial charge in [-0.1, -0.05) is 6.42 Å². The molecule has 0 spiro atoms. The van der Waals surface area contributed by atoms with Crippen molar-refractivity contribution < 1.29 is 9.90 Å². The smallest absolute Gasteiger partial charge is 0.247 e. The number of hydrogen-bond acceptors (Lipinski definition) is 4. The van der Waals surface area contributed by atoms with Gasteiger partial charge in [-0.3, -0.25) is 4.79 Å². The lowest BCUT2D eigenvalue weighted by atomic mass is 10.0. The summed E-state index contributed by atoms with van der Waals surface area (Å²) in [6.07, 6.45) is 3.84. The van der Waals surface area contributed by atoms with Gasteiger partial charge in [0.2, 0.25) is 5.91 Å². The Morgan fingerprint density at radius 2 is 2.38 bits per heavy atom. The van der Waals surface area contributed by atoms with Gasteiger partial charge in [0, 0.05) is 12.6 Å². The first-order valence-electron chi connectivity index (χ1n) is 5.99. The SMILES string of the molecule is CN1CCCCC1CCNCC(O)C(N)=O. The van der Waals surface area contributed by atoms with Crippen LogP contribution in [0.2, 0.25) is 0 Å². The normalized spacial score (nSPS) is 24.2. The number of carbonyl (C=O) groups is 1. The number of hydrogen-bond donors (Lipinski definition) is 3. The summed E-state index contributed by atoms with van der Waals surface area (Å²) < 4.78 is 0. The molecule has 4 N–H and O–H groups in total. The molecule has 0 aromatic carbocycles. The highest BCUT2D eigenvalue weighted by atomic mass is 16.3. The largest absolute Gasteiger partial charge is 0.382 e. The number of nitrogens with two attached hydrogens (primary N) is 1. The molecule has 1 aliphatic heterocycles. The number of rotatable bonds is 6. The first-order chi connectivity index (χ1) is 7.61. The molecule has 0 aromatic heterocycles. The summed E-state index contributed by atoms with van der Waals surface area (Å²) in [4.78, 5) is 13.0. The van der Waals surface area contributed by atoms with E-state index in [1.54, 1.807) is 0 Å². The molecule has 1 amide bonds. The van der Waals surface area contributed by atoms with Crippen LogP contribution in [0.4, 0.5) is 0 Å². The molecule has 16 heavy (non-hydrogen) atoms. The van der Waals surface area contributed by atoms with Gasteiger partial charge in [0.1, 0.15) is 6.10 Å². The maximum Gasteiger partial charge on any atom is 0.247 e. The van der Waals surface area contributed by atoms with E-state index in [4.69, 9.17) is 10.8 Å². The highest BCUT2D eigenvalue weighted by Crippen LogP contribution is 2.16. The summed E-state index contributed by atoms with van der Waals surface area (Å²) in [5.74, 6) is -0.665. The van der Waals surface area contributed by atoms with Crippen LogP contribution in [0.25, 0.3) is 0 Å². The van der Waals surface area contributed by atoms with Crippen LogP contribution >= 0.6 is 0 Å². The number of nitrogens with zero attached hydrogens (tertiary/aromatic N) is 1. The fourth-order valence-corrected chi connectivity index (χ4v) is 2.12. The Labute approximate surface area is 97.0 Å². The summed E-state index contributed by atoms with van der Waals surface area (Å²) >= 11 is 0. The highest BCUT2D eigenvalue weighted by molar-refractivity contribution is 5.78. The molecule has 1 aliphatic rings. The summed E-state index contributed by atoms with van der Waals surface area (Å²) in [5, 5.41) is 12.2. The van der Waals surface area contributed by atoms with Gasteiger partial charge in [-0.05, 0) is 39.4 Å². The lowest BCUT2D eigenvalue weighted by molar-refractivity contribution is -0.125. The van der Waals surface area contributed by atoms with Crippen LogP contribution in [0.1, 0.15) is 25.7 Å². The third-order valence-electron chi connectivity index (χ3n) is 3.24. The number of piperidine rings is 1. The average molecular weight is 229 g/mol. The molecule has 0 radical (unpaired) electrons. The summed E-state index contributed by atoms with van der Waals surface area (Å²) in [7, 11) is 2.15. The van der Waals surface area contributed by atoms with E-state index < -0.39 is 12.0 Å². The number of carbonyl (C=O) groups excluding carboxylic acids is 1. The van der Waals surface area contributed by atoms with E-state index in [-0.39, 0.29) is 6.54 Å². The second-order valence-corrected chi connectivity index (χ2v) is 4.54.